The van der Waals surface area contributed by atoms with Gasteiger partial charge >= 0.3 is 5.97 Å². The van der Waals surface area contributed by atoms with Crippen molar-refractivity contribution in [1.29, 1.82) is 0 Å². The first-order valence-corrected chi connectivity index (χ1v) is 5.44. The average molecular weight is 246 g/mol. The topological polar surface area (TPSA) is 64.3 Å². The number of rotatable bonds is 3. The summed E-state index contributed by atoms with van der Waals surface area (Å²) >= 11 is 0. The van der Waals surface area contributed by atoms with Gasteiger partial charge in [0.05, 0.1) is 19.1 Å². The quantitative estimate of drug-likeness (QED) is 0.900. The highest BCUT2D eigenvalue weighted by Gasteiger charge is 2.17. The summed E-state index contributed by atoms with van der Waals surface area (Å²) in [6.07, 6.45) is 1.50. The van der Waals surface area contributed by atoms with Crippen molar-refractivity contribution in [2.75, 3.05) is 7.11 Å². The standard InChI is InChI=1S/C13H14N2O3/c1-8-6-9(4-5-10(8)18-3)12-11(13(16)17)14-7-15(12)2/h4-7H,1-3H3,(H,16,17). The number of carboxylic acids is 1. The SMILES string of the molecule is COc1ccc(-c2c(C(=O)O)ncn2C)cc1C. The maximum absolute atomic E-state index is 11.1. The summed E-state index contributed by atoms with van der Waals surface area (Å²) in [4.78, 5) is 15.0. The first-order valence-electron chi connectivity index (χ1n) is 5.44. The van der Waals surface area contributed by atoms with Crippen molar-refractivity contribution in [2.45, 2.75) is 6.92 Å². The highest BCUT2D eigenvalue weighted by Crippen LogP contribution is 2.27. The van der Waals surface area contributed by atoms with Crippen LogP contribution < -0.4 is 4.74 Å². The molecule has 2 rings (SSSR count). The van der Waals surface area contributed by atoms with Crippen LogP contribution in [0, 0.1) is 6.92 Å². The summed E-state index contributed by atoms with van der Waals surface area (Å²) < 4.78 is 6.89. The van der Waals surface area contributed by atoms with E-state index in [2.05, 4.69) is 4.98 Å². The molecule has 0 aliphatic heterocycles. The number of aromatic carboxylic acids is 1. The van der Waals surface area contributed by atoms with Crippen LogP contribution in [-0.2, 0) is 7.05 Å². The normalized spacial score (nSPS) is 10.4. The Labute approximate surface area is 105 Å². The first-order chi connectivity index (χ1) is 8.54. The largest absolute Gasteiger partial charge is 0.496 e. The van der Waals surface area contributed by atoms with Crippen molar-refractivity contribution >= 4 is 5.97 Å². The number of aryl methyl sites for hydroxylation is 2. The van der Waals surface area contributed by atoms with Crippen LogP contribution in [0.25, 0.3) is 11.3 Å². The number of ether oxygens (including phenoxy) is 1. The van der Waals surface area contributed by atoms with E-state index in [1.54, 1.807) is 18.7 Å². The predicted molar refractivity (Wildman–Crippen MR) is 66.9 cm³/mol. The van der Waals surface area contributed by atoms with Crippen LogP contribution in [0.2, 0.25) is 0 Å². The minimum atomic E-state index is -1.03. The lowest BCUT2D eigenvalue weighted by Crippen LogP contribution is -2.01. The van der Waals surface area contributed by atoms with E-state index in [0.29, 0.717) is 5.69 Å². The van der Waals surface area contributed by atoms with Crippen LogP contribution in [0.3, 0.4) is 0 Å². The van der Waals surface area contributed by atoms with E-state index in [4.69, 9.17) is 9.84 Å². The van der Waals surface area contributed by atoms with Crippen molar-refractivity contribution < 1.29 is 14.6 Å². The van der Waals surface area contributed by atoms with Gasteiger partial charge in [-0.3, -0.25) is 0 Å². The van der Waals surface area contributed by atoms with Gasteiger partial charge in [-0.05, 0) is 30.7 Å². The number of carbonyl (C=O) groups is 1. The highest BCUT2D eigenvalue weighted by molar-refractivity contribution is 5.93. The monoisotopic (exact) mass is 246 g/mol. The molecule has 0 spiro atoms. The Morgan fingerprint density at radius 2 is 2.17 bits per heavy atom. The van der Waals surface area contributed by atoms with E-state index in [1.165, 1.54) is 6.33 Å². The molecule has 0 saturated carbocycles. The molecule has 0 radical (unpaired) electrons. The van der Waals surface area contributed by atoms with Gasteiger partial charge in [0.1, 0.15) is 5.75 Å². The molecule has 0 bridgehead atoms. The number of nitrogens with zero attached hydrogens (tertiary/aromatic N) is 2. The summed E-state index contributed by atoms with van der Waals surface area (Å²) in [5, 5.41) is 9.11. The van der Waals surface area contributed by atoms with Crippen molar-refractivity contribution in [2.24, 2.45) is 7.05 Å². The van der Waals surface area contributed by atoms with E-state index in [9.17, 15) is 4.79 Å². The van der Waals surface area contributed by atoms with E-state index < -0.39 is 5.97 Å². The van der Waals surface area contributed by atoms with E-state index in [1.807, 2.05) is 25.1 Å². The van der Waals surface area contributed by atoms with E-state index in [0.717, 1.165) is 16.9 Å². The van der Waals surface area contributed by atoms with Crippen LogP contribution in [0.5, 0.6) is 5.75 Å². The lowest BCUT2D eigenvalue weighted by Gasteiger charge is -2.08. The molecular formula is C13H14N2O3. The van der Waals surface area contributed by atoms with Crippen molar-refractivity contribution in [3.05, 3.63) is 35.8 Å². The Morgan fingerprint density at radius 3 is 2.72 bits per heavy atom. The minimum Gasteiger partial charge on any atom is -0.496 e. The number of methoxy groups -OCH3 is 1. The van der Waals surface area contributed by atoms with Crippen LogP contribution in [0.15, 0.2) is 24.5 Å². The summed E-state index contributed by atoms with van der Waals surface area (Å²) in [5.74, 6) is -0.253. The molecule has 5 nitrogen and oxygen atoms in total. The van der Waals surface area contributed by atoms with E-state index in [-0.39, 0.29) is 5.69 Å². The molecular weight excluding hydrogens is 232 g/mol. The number of imidazole rings is 1. The van der Waals surface area contributed by atoms with E-state index >= 15 is 0 Å². The van der Waals surface area contributed by atoms with Gasteiger partial charge in [0.2, 0.25) is 0 Å². The number of aromatic nitrogens is 2. The fourth-order valence-electron chi connectivity index (χ4n) is 1.95. The molecule has 1 heterocycles. The zero-order valence-corrected chi connectivity index (χ0v) is 10.5. The fourth-order valence-corrected chi connectivity index (χ4v) is 1.95. The van der Waals surface area contributed by atoms with Gasteiger partial charge in [0.15, 0.2) is 5.69 Å². The first kappa shape index (κ1) is 12.2. The maximum Gasteiger partial charge on any atom is 0.356 e. The summed E-state index contributed by atoms with van der Waals surface area (Å²) in [6.45, 7) is 1.92. The van der Waals surface area contributed by atoms with Crippen LogP contribution >= 0.6 is 0 Å². The molecule has 1 aromatic heterocycles. The smallest absolute Gasteiger partial charge is 0.356 e. The molecule has 94 valence electrons. The second-order valence-electron chi connectivity index (χ2n) is 4.04. The average Bonchev–Trinajstić information content (AvgIpc) is 2.71. The number of hydrogen-bond donors (Lipinski definition) is 1. The number of carboxylic acid groups (broad SMARTS) is 1. The summed E-state index contributed by atoms with van der Waals surface area (Å²) in [6, 6.07) is 5.54. The number of benzene rings is 1. The molecule has 0 aliphatic carbocycles. The van der Waals surface area contributed by atoms with Gasteiger partial charge in [-0.25, -0.2) is 9.78 Å². The Morgan fingerprint density at radius 1 is 1.44 bits per heavy atom. The summed E-state index contributed by atoms with van der Waals surface area (Å²) in [5.41, 5.74) is 2.41. The van der Waals surface area contributed by atoms with Gasteiger partial charge in [-0.15, -0.1) is 0 Å². The Balaban J connectivity index is 2.58. The fraction of sp³-hybridized carbons (Fsp3) is 0.231. The highest BCUT2D eigenvalue weighted by atomic mass is 16.5. The van der Waals surface area contributed by atoms with Crippen LogP contribution in [0.4, 0.5) is 0 Å². The Bertz CT molecular complexity index is 602. The molecule has 0 unspecified atom stereocenters. The second-order valence-corrected chi connectivity index (χ2v) is 4.04. The molecule has 0 saturated heterocycles. The molecule has 0 amide bonds. The van der Waals surface area contributed by atoms with Gasteiger partial charge < -0.3 is 14.4 Å². The van der Waals surface area contributed by atoms with Gasteiger partial charge in [0.25, 0.3) is 0 Å². The lowest BCUT2D eigenvalue weighted by atomic mass is 10.1. The number of hydrogen-bond acceptors (Lipinski definition) is 3. The Kier molecular flexibility index (Phi) is 3.06. The molecule has 1 N–H and O–H groups in total. The van der Waals surface area contributed by atoms with Crippen molar-refractivity contribution in [1.82, 2.24) is 9.55 Å². The molecule has 0 aliphatic rings. The van der Waals surface area contributed by atoms with Crippen molar-refractivity contribution in [3.8, 4) is 17.0 Å². The summed E-state index contributed by atoms with van der Waals surface area (Å²) in [7, 11) is 3.38. The third kappa shape index (κ3) is 1.95. The third-order valence-electron chi connectivity index (χ3n) is 2.81. The van der Waals surface area contributed by atoms with Gasteiger partial charge in [-0.1, -0.05) is 0 Å². The maximum atomic E-state index is 11.1. The third-order valence-corrected chi connectivity index (χ3v) is 2.81. The molecule has 0 atom stereocenters. The van der Waals surface area contributed by atoms with Gasteiger partial charge in [-0.2, -0.15) is 0 Å². The van der Waals surface area contributed by atoms with Gasteiger partial charge in [0, 0.05) is 12.6 Å². The molecule has 18 heavy (non-hydrogen) atoms. The minimum absolute atomic E-state index is 0.0575. The van der Waals surface area contributed by atoms with Crippen LogP contribution in [-0.4, -0.2) is 27.7 Å². The lowest BCUT2D eigenvalue weighted by molar-refractivity contribution is 0.0692. The van der Waals surface area contributed by atoms with Crippen LogP contribution in [0.1, 0.15) is 16.1 Å². The molecule has 0 fully saturated rings. The predicted octanol–water partition coefficient (Wildman–Crippen LogP) is 2.10. The second kappa shape index (κ2) is 4.52. The zero-order chi connectivity index (χ0) is 13.3. The molecule has 2 aromatic rings. The zero-order valence-electron chi connectivity index (χ0n) is 10.5. The van der Waals surface area contributed by atoms with Crippen molar-refractivity contribution in [3.63, 3.8) is 0 Å². The molecule has 1 aromatic carbocycles. The molecule has 5 heteroatoms. The Hall–Kier alpha value is -2.30.